The Morgan fingerprint density at radius 2 is 1.77 bits per heavy atom. The smallest absolute Gasteiger partial charge is 0.269 e. The van der Waals surface area contributed by atoms with Crippen LogP contribution in [0.4, 0.5) is 5.69 Å². The molecule has 1 atom stereocenters. The number of hydrogen-bond donors (Lipinski definition) is 2. The SMILES string of the molecule is CCOc1ccc(NC(NC(=O)CN2C(=O)c3ccccc3S2(=O)=O)C(Cl)(Cl)Cl)cc1. The van der Waals surface area contributed by atoms with Crippen molar-refractivity contribution in [1.82, 2.24) is 9.62 Å². The number of alkyl halides is 3. The lowest BCUT2D eigenvalue weighted by Gasteiger charge is -2.28. The van der Waals surface area contributed by atoms with Gasteiger partial charge in [-0.3, -0.25) is 9.59 Å². The summed E-state index contributed by atoms with van der Waals surface area (Å²) in [4.78, 5) is 24.9. The number of halogens is 3. The summed E-state index contributed by atoms with van der Waals surface area (Å²) < 4.78 is 29.1. The number of rotatable bonds is 7. The maximum atomic E-state index is 12.6. The van der Waals surface area contributed by atoms with Crippen LogP contribution >= 0.6 is 34.8 Å². The molecule has 3 rings (SSSR count). The van der Waals surface area contributed by atoms with Gasteiger partial charge in [0.15, 0.2) is 0 Å². The minimum atomic E-state index is -4.14. The third kappa shape index (κ3) is 5.17. The minimum absolute atomic E-state index is 0.000685. The third-order valence-corrected chi connectivity index (χ3v) is 6.75. The Bertz CT molecular complexity index is 1090. The molecule has 0 bridgehead atoms. The fourth-order valence-corrected chi connectivity index (χ4v) is 4.76. The second-order valence-electron chi connectivity index (χ2n) is 6.46. The predicted molar refractivity (Wildman–Crippen MR) is 118 cm³/mol. The Morgan fingerprint density at radius 1 is 1.13 bits per heavy atom. The zero-order valence-electron chi connectivity index (χ0n) is 16.1. The molecule has 0 aromatic heterocycles. The summed E-state index contributed by atoms with van der Waals surface area (Å²) in [5, 5.41) is 5.28. The van der Waals surface area contributed by atoms with Gasteiger partial charge in [0.1, 0.15) is 23.4 Å². The molecule has 2 amide bonds. The second-order valence-corrected chi connectivity index (χ2v) is 10.7. The van der Waals surface area contributed by atoms with E-state index in [1.807, 2.05) is 6.92 Å². The molecule has 8 nitrogen and oxygen atoms in total. The Morgan fingerprint density at radius 3 is 2.35 bits per heavy atom. The molecule has 0 spiro atoms. The molecular formula is C19H18Cl3N3O5S. The van der Waals surface area contributed by atoms with E-state index in [1.54, 1.807) is 24.3 Å². The second kappa shape index (κ2) is 9.12. The molecule has 0 aliphatic carbocycles. The van der Waals surface area contributed by atoms with Crippen LogP contribution in [0.25, 0.3) is 0 Å². The fourth-order valence-electron chi connectivity index (χ4n) is 2.90. The minimum Gasteiger partial charge on any atom is -0.494 e. The average Bonchev–Trinajstić information content (AvgIpc) is 2.89. The first-order valence-corrected chi connectivity index (χ1v) is 11.6. The molecule has 0 fully saturated rings. The van der Waals surface area contributed by atoms with Gasteiger partial charge in [0.2, 0.25) is 9.70 Å². The van der Waals surface area contributed by atoms with Crippen LogP contribution in [0.2, 0.25) is 0 Å². The van der Waals surface area contributed by atoms with Crippen molar-refractivity contribution in [3.05, 3.63) is 54.1 Å². The number of carbonyl (C=O) groups excluding carboxylic acids is 2. The topological polar surface area (TPSA) is 105 Å². The highest BCUT2D eigenvalue weighted by molar-refractivity contribution is 7.90. The van der Waals surface area contributed by atoms with Gasteiger partial charge in [0, 0.05) is 5.69 Å². The monoisotopic (exact) mass is 505 g/mol. The molecule has 1 aliphatic heterocycles. The number of anilines is 1. The van der Waals surface area contributed by atoms with Crippen molar-refractivity contribution in [3.8, 4) is 5.75 Å². The Kier molecular flexibility index (Phi) is 6.90. The summed E-state index contributed by atoms with van der Waals surface area (Å²) >= 11 is 17.9. The number of fused-ring (bicyclic) bond motifs is 1. The molecule has 2 N–H and O–H groups in total. The van der Waals surface area contributed by atoms with Crippen LogP contribution in [0.15, 0.2) is 53.4 Å². The largest absolute Gasteiger partial charge is 0.494 e. The number of hydrogen-bond acceptors (Lipinski definition) is 6. The van der Waals surface area contributed by atoms with Crippen molar-refractivity contribution in [1.29, 1.82) is 0 Å². The molecule has 0 saturated carbocycles. The Labute approximate surface area is 194 Å². The summed E-state index contributed by atoms with van der Waals surface area (Å²) in [7, 11) is -4.14. The van der Waals surface area contributed by atoms with Crippen molar-refractivity contribution in [2.75, 3.05) is 18.5 Å². The summed E-state index contributed by atoms with van der Waals surface area (Å²) in [5.74, 6) is -0.991. The molecule has 1 aliphatic rings. The van der Waals surface area contributed by atoms with Crippen LogP contribution in [-0.4, -0.2) is 47.6 Å². The normalized spacial score (nSPS) is 15.9. The molecule has 166 valence electrons. The van der Waals surface area contributed by atoms with Gasteiger partial charge in [0.05, 0.1) is 12.2 Å². The van der Waals surface area contributed by atoms with E-state index >= 15 is 0 Å². The standard InChI is InChI=1S/C19H18Cl3N3O5S/c1-2-30-13-9-7-12(8-10-13)23-18(19(20,21)22)24-16(26)11-25-17(27)14-5-3-4-6-15(14)31(25,28)29/h3-10,18,23H,2,11H2,1H3,(H,24,26). The quantitative estimate of drug-likeness (QED) is 0.441. The highest BCUT2D eigenvalue weighted by Crippen LogP contribution is 2.32. The maximum absolute atomic E-state index is 12.6. The van der Waals surface area contributed by atoms with E-state index in [2.05, 4.69) is 10.6 Å². The van der Waals surface area contributed by atoms with Gasteiger partial charge in [-0.1, -0.05) is 46.9 Å². The number of carbonyl (C=O) groups is 2. The number of ether oxygens (including phenoxy) is 1. The maximum Gasteiger partial charge on any atom is 0.269 e. The summed E-state index contributed by atoms with van der Waals surface area (Å²) in [6, 6.07) is 12.4. The molecule has 0 saturated heterocycles. The molecule has 1 unspecified atom stereocenters. The first-order valence-electron chi connectivity index (χ1n) is 9.05. The summed E-state index contributed by atoms with van der Waals surface area (Å²) in [6.45, 7) is 1.59. The van der Waals surface area contributed by atoms with E-state index in [0.717, 1.165) is 0 Å². The third-order valence-electron chi connectivity index (χ3n) is 4.31. The summed E-state index contributed by atoms with van der Waals surface area (Å²) in [5.41, 5.74) is 0.512. The predicted octanol–water partition coefficient (Wildman–Crippen LogP) is 3.15. The van der Waals surface area contributed by atoms with E-state index < -0.39 is 38.3 Å². The molecule has 2 aromatic rings. The van der Waals surface area contributed by atoms with Gasteiger partial charge in [-0.2, -0.15) is 0 Å². The van der Waals surface area contributed by atoms with E-state index in [0.29, 0.717) is 22.3 Å². The van der Waals surface area contributed by atoms with Gasteiger partial charge in [0.25, 0.3) is 15.9 Å². The number of amides is 2. The highest BCUT2D eigenvalue weighted by Gasteiger charge is 2.42. The molecule has 0 radical (unpaired) electrons. The number of benzene rings is 2. The Hall–Kier alpha value is -2.20. The Balaban J connectivity index is 1.73. The van der Waals surface area contributed by atoms with Crippen LogP contribution in [0.5, 0.6) is 5.75 Å². The lowest BCUT2D eigenvalue weighted by atomic mass is 10.2. The molecule has 2 aromatic carbocycles. The van der Waals surface area contributed by atoms with Crippen LogP contribution in [0.1, 0.15) is 17.3 Å². The van der Waals surface area contributed by atoms with Crippen LogP contribution in [0.3, 0.4) is 0 Å². The molecular weight excluding hydrogens is 489 g/mol. The van der Waals surface area contributed by atoms with Crippen molar-refractivity contribution >= 4 is 62.3 Å². The summed E-state index contributed by atoms with van der Waals surface area (Å²) in [6.07, 6.45) is -1.22. The molecule has 1 heterocycles. The number of nitrogens with one attached hydrogen (secondary N) is 2. The van der Waals surface area contributed by atoms with E-state index in [9.17, 15) is 18.0 Å². The van der Waals surface area contributed by atoms with Crippen LogP contribution in [-0.2, 0) is 14.8 Å². The number of sulfonamides is 1. The van der Waals surface area contributed by atoms with Gasteiger partial charge >= 0.3 is 0 Å². The number of nitrogens with zero attached hydrogens (tertiary/aromatic N) is 1. The van der Waals surface area contributed by atoms with Gasteiger partial charge in [-0.05, 0) is 43.3 Å². The van der Waals surface area contributed by atoms with Crippen LogP contribution in [0, 0.1) is 0 Å². The van der Waals surface area contributed by atoms with Crippen molar-refractivity contribution in [3.63, 3.8) is 0 Å². The molecule has 12 heteroatoms. The lowest BCUT2D eigenvalue weighted by Crippen LogP contribution is -2.52. The van der Waals surface area contributed by atoms with Crippen molar-refractivity contribution in [2.24, 2.45) is 0 Å². The van der Waals surface area contributed by atoms with Crippen LogP contribution < -0.4 is 15.4 Å². The van der Waals surface area contributed by atoms with Gasteiger partial charge in [-0.25, -0.2) is 12.7 Å². The first-order chi connectivity index (χ1) is 14.5. The first kappa shape index (κ1) is 23.5. The molecule has 31 heavy (non-hydrogen) atoms. The highest BCUT2D eigenvalue weighted by atomic mass is 35.6. The van der Waals surface area contributed by atoms with Crippen molar-refractivity contribution in [2.45, 2.75) is 21.8 Å². The van der Waals surface area contributed by atoms with Gasteiger partial charge < -0.3 is 15.4 Å². The lowest BCUT2D eigenvalue weighted by molar-refractivity contribution is -0.121. The van der Waals surface area contributed by atoms with E-state index in [1.165, 1.54) is 24.3 Å². The van der Waals surface area contributed by atoms with E-state index in [-0.39, 0.29) is 10.5 Å². The van der Waals surface area contributed by atoms with Crippen molar-refractivity contribution < 1.29 is 22.7 Å². The average molecular weight is 507 g/mol. The zero-order valence-corrected chi connectivity index (χ0v) is 19.2. The zero-order chi connectivity index (χ0) is 22.8. The van der Waals surface area contributed by atoms with Gasteiger partial charge in [-0.15, -0.1) is 0 Å². The van der Waals surface area contributed by atoms with E-state index in [4.69, 9.17) is 39.5 Å². The fraction of sp³-hybridized carbons (Fsp3) is 0.263.